The van der Waals surface area contributed by atoms with Gasteiger partial charge in [0, 0.05) is 30.5 Å². The van der Waals surface area contributed by atoms with Crippen LogP contribution in [0.2, 0.25) is 0 Å². The third-order valence-electron chi connectivity index (χ3n) is 4.94. The van der Waals surface area contributed by atoms with Crippen molar-refractivity contribution in [3.05, 3.63) is 54.1 Å². The van der Waals surface area contributed by atoms with E-state index in [2.05, 4.69) is 22.3 Å². The molecule has 0 bridgehead atoms. The number of benzene rings is 2. The molecule has 0 spiro atoms. The minimum absolute atomic E-state index is 0.169. The second-order valence-electron chi connectivity index (χ2n) is 6.89. The molecule has 0 radical (unpaired) electrons. The predicted molar refractivity (Wildman–Crippen MR) is 114 cm³/mol. The number of carbonyl (C=O) groups is 1. The predicted octanol–water partition coefficient (Wildman–Crippen LogP) is 4.74. The first-order valence-corrected chi connectivity index (χ1v) is 9.76. The van der Waals surface area contributed by atoms with E-state index in [1.54, 1.807) is 20.3 Å². The van der Waals surface area contributed by atoms with E-state index in [9.17, 15) is 4.79 Å². The van der Waals surface area contributed by atoms with Gasteiger partial charge in [-0.05, 0) is 60.9 Å². The van der Waals surface area contributed by atoms with Crippen molar-refractivity contribution >= 4 is 23.4 Å². The van der Waals surface area contributed by atoms with E-state index < -0.39 is 0 Å². The number of methoxy groups -OCH3 is 2. The van der Waals surface area contributed by atoms with Crippen LogP contribution in [0.15, 0.2) is 48.5 Å². The number of rotatable bonds is 6. The number of anilines is 2. The molecule has 1 aliphatic heterocycles. The Balaban J connectivity index is 1.59. The van der Waals surface area contributed by atoms with Gasteiger partial charge in [-0.3, -0.25) is 4.79 Å². The van der Waals surface area contributed by atoms with Gasteiger partial charge in [0.05, 0.1) is 14.2 Å². The van der Waals surface area contributed by atoms with Crippen molar-refractivity contribution in [2.75, 3.05) is 37.5 Å². The number of ether oxygens (including phenoxy) is 2. The Hall–Kier alpha value is -2.95. The molecule has 0 atom stereocenters. The summed E-state index contributed by atoms with van der Waals surface area (Å²) in [7, 11) is 3.19. The highest BCUT2D eigenvalue weighted by molar-refractivity contribution is 6.02. The first-order valence-electron chi connectivity index (χ1n) is 9.76. The molecular weight excluding hydrogens is 352 g/mol. The lowest BCUT2D eigenvalue weighted by atomic mass is 10.2. The average Bonchev–Trinajstić information content (AvgIpc) is 3.02. The average molecular weight is 380 g/mol. The van der Waals surface area contributed by atoms with Crippen LogP contribution in [0.25, 0.3) is 6.08 Å². The number of carbonyl (C=O) groups excluding carboxylic acids is 1. The smallest absolute Gasteiger partial charge is 0.248 e. The van der Waals surface area contributed by atoms with Gasteiger partial charge in [0.1, 0.15) is 0 Å². The normalized spacial score (nSPS) is 14.6. The van der Waals surface area contributed by atoms with Crippen LogP contribution in [0.1, 0.15) is 31.2 Å². The molecule has 1 fully saturated rings. The molecule has 1 amide bonds. The first-order chi connectivity index (χ1) is 13.7. The summed E-state index contributed by atoms with van der Waals surface area (Å²) >= 11 is 0. The molecule has 5 heteroatoms. The molecule has 1 aliphatic rings. The number of amides is 1. The van der Waals surface area contributed by atoms with Gasteiger partial charge in [0.2, 0.25) is 5.91 Å². The van der Waals surface area contributed by atoms with Crippen LogP contribution in [0.5, 0.6) is 11.5 Å². The molecule has 1 saturated heterocycles. The Morgan fingerprint density at radius 2 is 1.61 bits per heavy atom. The molecule has 148 valence electrons. The highest BCUT2D eigenvalue weighted by atomic mass is 16.5. The molecule has 1 N–H and O–H groups in total. The van der Waals surface area contributed by atoms with Gasteiger partial charge in [-0.15, -0.1) is 0 Å². The standard InChI is InChI=1S/C23H28N2O3/c1-27-21-13-7-18(17-22(21)28-2)8-14-23(26)24-19-9-11-20(12-10-19)25-15-5-3-4-6-16-25/h7-14,17H,3-6,15-16H2,1-2H3,(H,24,26). The molecule has 28 heavy (non-hydrogen) atoms. The summed E-state index contributed by atoms with van der Waals surface area (Å²) in [6, 6.07) is 13.6. The third kappa shape index (κ3) is 5.28. The number of hydrogen-bond acceptors (Lipinski definition) is 4. The Labute approximate surface area is 167 Å². The summed E-state index contributed by atoms with van der Waals surface area (Å²) in [5, 5.41) is 2.91. The summed E-state index contributed by atoms with van der Waals surface area (Å²) in [4.78, 5) is 14.7. The van der Waals surface area contributed by atoms with Crippen LogP contribution in [0, 0.1) is 0 Å². The lowest BCUT2D eigenvalue weighted by Gasteiger charge is -2.22. The van der Waals surface area contributed by atoms with Gasteiger partial charge in [-0.2, -0.15) is 0 Å². The van der Waals surface area contributed by atoms with Crippen LogP contribution in [0.3, 0.4) is 0 Å². The summed E-state index contributed by atoms with van der Waals surface area (Å²) in [5.41, 5.74) is 2.88. The Kier molecular flexibility index (Phi) is 6.95. The van der Waals surface area contributed by atoms with Crippen molar-refractivity contribution in [1.82, 2.24) is 0 Å². The van der Waals surface area contributed by atoms with E-state index in [0.717, 1.165) is 24.3 Å². The Bertz CT molecular complexity index is 807. The van der Waals surface area contributed by atoms with Gasteiger partial charge in [0.15, 0.2) is 11.5 Å². The van der Waals surface area contributed by atoms with Crippen molar-refractivity contribution < 1.29 is 14.3 Å². The van der Waals surface area contributed by atoms with Crippen LogP contribution in [-0.4, -0.2) is 33.2 Å². The summed E-state index contributed by atoms with van der Waals surface area (Å²) in [6.45, 7) is 2.22. The topological polar surface area (TPSA) is 50.8 Å². The zero-order valence-corrected chi connectivity index (χ0v) is 16.6. The van der Waals surface area contributed by atoms with Crippen molar-refractivity contribution in [2.45, 2.75) is 25.7 Å². The molecule has 2 aromatic rings. The quantitative estimate of drug-likeness (QED) is 0.736. The number of nitrogens with zero attached hydrogens (tertiary/aromatic N) is 1. The van der Waals surface area contributed by atoms with Gasteiger partial charge in [-0.25, -0.2) is 0 Å². The fourth-order valence-corrected chi connectivity index (χ4v) is 3.40. The molecule has 5 nitrogen and oxygen atoms in total. The SMILES string of the molecule is COc1ccc(C=CC(=O)Nc2ccc(N3CCCCCC3)cc2)cc1OC. The zero-order valence-electron chi connectivity index (χ0n) is 16.6. The zero-order chi connectivity index (χ0) is 19.8. The van der Waals surface area contributed by atoms with Gasteiger partial charge in [0.25, 0.3) is 0 Å². The monoisotopic (exact) mass is 380 g/mol. The van der Waals surface area contributed by atoms with E-state index >= 15 is 0 Å². The van der Waals surface area contributed by atoms with Crippen LogP contribution >= 0.6 is 0 Å². The highest BCUT2D eigenvalue weighted by Crippen LogP contribution is 2.28. The van der Waals surface area contributed by atoms with Crippen LogP contribution < -0.4 is 19.7 Å². The highest BCUT2D eigenvalue weighted by Gasteiger charge is 2.10. The van der Waals surface area contributed by atoms with Crippen molar-refractivity contribution in [3.63, 3.8) is 0 Å². The van der Waals surface area contributed by atoms with E-state index in [0.29, 0.717) is 11.5 Å². The minimum Gasteiger partial charge on any atom is -0.493 e. The Morgan fingerprint density at radius 3 is 2.25 bits per heavy atom. The molecule has 0 aromatic heterocycles. The minimum atomic E-state index is -0.169. The summed E-state index contributed by atoms with van der Waals surface area (Å²) < 4.78 is 10.5. The fourth-order valence-electron chi connectivity index (χ4n) is 3.40. The number of nitrogens with one attached hydrogen (secondary N) is 1. The molecule has 3 rings (SSSR count). The van der Waals surface area contributed by atoms with Crippen LogP contribution in [0.4, 0.5) is 11.4 Å². The van der Waals surface area contributed by atoms with E-state index in [1.807, 2.05) is 30.3 Å². The molecule has 0 unspecified atom stereocenters. The molecule has 2 aromatic carbocycles. The summed E-state index contributed by atoms with van der Waals surface area (Å²) in [6.07, 6.45) is 8.40. The van der Waals surface area contributed by atoms with E-state index in [-0.39, 0.29) is 5.91 Å². The Morgan fingerprint density at radius 1 is 0.929 bits per heavy atom. The van der Waals surface area contributed by atoms with Gasteiger partial charge in [-0.1, -0.05) is 18.9 Å². The van der Waals surface area contributed by atoms with Crippen molar-refractivity contribution in [2.24, 2.45) is 0 Å². The lowest BCUT2D eigenvalue weighted by molar-refractivity contribution is -0.111. The largest absolute Gasteiger partial charge is 0.493 e. The lowest BCUT2D eigenvalue weighted by Crippen LogP contribution is -2.23. The maximum absolute atomic E-state index is 12.2. The second kappa shape index (κ2) is 9.83. The van der Waals surface area contributed by atoms with Gasteiger partial charge < -0.3 is 19.7 Å². The van der Waals surface area contributed by atoms with E-state index in [1.165, 1.54) is 37.4 Å². The first kappa shape index (κ1) is 19.8. The number of hydrogen-bond donors (Lipinski definition) is 1. The second-order valence-corrected chi connectivity index (χ2v) is 6.89. The van der Waals surface area contributed by atoms with Crippen LogP contribution in [-0.2, 0) is 4.79 Å². The fraction of sp³-hybridized carbons (Fsp3) is 0.348. The summed E-state index contributed by atoms with van der Waals surface area (Å²) in [5.74, 6) is 1.13. The van der Waals surface area contributed by atoms with Gasteiger partial charge >= 0.3 is 0 Å². The molecule has 0 aliphatic carbocycles. The molecular formula is C23H28N2O3. The maximum Gasteiger partial charge on any atom is 0.248 e. The third-order valence-corrected chi connectivity index (χ3v) is 4.94. The van der Waals surface area contributed by atoms with Crippen molar-refractivity contribution in [1.29, 1.82) is 0 Å². The van der Waals surface area contributed by atoms with E-state index in [4.69, 9.17) is 9.47 Å². The molecule has 1 heterocycles. The molecule has 0 saturated carbocycles. The van der Waals surface area contributed by atoms with Crippen molar-refractivity contribution in [3.8, 4) is 11.5 Å². The maximum atomic E-state index is 12.2.